The van der Waals surface area contributed by atoms with E-state index in [0.717, 1.165) is 27.8 Å². The molecule has 0 spiro atoms. The molecule has 0 radical (unpaired) electrons. The van der Waals surface area contributed by atoms with E-state index in [1.54, 1.807) is 48.9 Å². The fourth-order valence-corrected chi connectivity index (χ4v) is 5.63. The Balaban J connectivity index is 1.53. The molecule has 3 aromatic carbocycles. The fraction of sp³-hybridized carbons (Fsp3) is 0.333. The van der Waals surface area contributed by atoms with Crippen LogP contribution in [0.25, 0.3) is 11.0 Å². The van der Waals surface area contributed by atoms with Gasteiger partial charge in [0.25, 0.3) is 5.91 Å². The summed E-state index contributed by atoms with van der Waals surface area (Å²) in [6.45, 7) is 3.03. The maximum absolute atomic E-state index is 13.4. The molecule has 10 heteroatoms. The molecule has 40 heavy (non-hydrogen) atoms. The second-order valence-electron chi connectivity index (χ2n) is 9.67. The van der Waals surface area contributed by atoms with Crippen LogP contribution in [0.5, 0.6) is 11.5 Å². The second-order valence-corrected chi connectivity index (χ2v) is 10.1. The van der Waals surface area contributed by atoms with Crippen molar-refractivity contribution in [2.75, 3.05) is 27.4 Å². The number of aromatic nitrogens is 3. The highest BCUT2D eigenvalue weighted by atomic mass is 35.5. The van der Waals surface area contributed by atoms with Crippen LogP contribution in [0.15, 0.2) is 48.5 Å². The van der Waals surface area contributed by atoms with Crippen molar-refractivity contribution < 1.29 is 23.8 Å². The summed E-state index contributed by atoms with van der Waals surface area (Å²) in [4.78, 5) is 28.1. The number of benzene rings is 3. The Morgan fingerprint density at radius 3 is 2.67 bits per heavy atom. The number of hydrogen-bond acceptors (Lipinski definition) is 7. The van der Waals surface area contributed by atoms with Gasteiger partial charge < -0.3 is 19.1 Å². The van der Waals surface area contributed by atoms with E-state index in [2.05, 4.69) is 10.3 Å². The van der Waals surface area contributed by atoms with E-state index < -0.39 is 0 Å². The number of hydrogen-bond donors (Lipinski definition) is 0. The number of ether oxygens (including phenoxy) is 3. The van der Waals surface area contributed by atoms with Crippen molar-refractivity contribution in [3.05, 3.63) is 81.4 Å². The molecule has 1 amide bonds. The van der Waals surface area contributed by atoms with Crippen LogP contribution in [0.3, 0.4) is 0 Å². The molecule has 0 unspecified atom stereocenters. The number of nitrogens with zero attached hydrogens (tertiary/aromatic N) is 4. The topological polar surface area (TPSA) is 95.8 Å². The Labute approximate surface area is 237 Å². The van der Waals surface area contributed by atoms with Crippen molar-refractivity contribution in [3.63, 3.8) is 0 Å². The first-order valence-electron chi connectivity index (χ1n) is 13.1. The van der Waals surface area contributed by atoms with E-state index in [0.29, 0.717) is 53.7 Å². The van der Waals surface area contributed by atoms with Gasteiger partial charge in [0, 0.05) is 26.1 Å². The molecular formula is C30H31ClN4O5. The molecule has 1 aromatic heterocycles. The molecule has 1 aliphatic heterocycles. The average molecular weight is 563 g/mol. The van der Waals surface area contributed by atoms with E-state index in [1.807, 2.05) is 37.4 Å². The summed E-state index contributed by atoms with van der Waals surface area (Å²) in [5, 5.41) is 8.82. The van der Waals surface area contributed by atoms with Gasteiger partial charge in [-0.1, -0.05) is 35.0 Å². The van der Waals surface area contributed by atoms with Crippen LogP contribution >= 0.6 is 11.6 Å². The molecular weight excluding hydrogens is 532 g/mol. The lowest BCUT2D eigenvalue weighted by Crippen LogP contribution is -2.36. The first-order chi connectivity index (χ1) is 19.3. The summed E-state index contributed by atoms with van der Waals surface area (Å²) in [7, 11) is 4.98. The molecule has 0 saturated carbocycles. The maximum Gasteiger partial charge on any atom is 0.306 e. The molecule has 4 aromatic rings. The van der Waals surface area contributed by atoms with E-state index in [9.17, 15) is 9.59 Å². The first-order valence-corrected chi connectivity index (χ1v) is 13.5. The summed E-state index contributed by atoms with van der Waals surface area (Å²) in [5.74, 6) is 0.462. The lowest BCUT2D eigenvalue weighted by atomic mass is 9.82. The Hall–Kier alpha value is -4.11. The van der Waals surface area contributed by atoms with Gasteiger partial charge in [0.2, 0.25) is 0 Å². The zero-order chi connectivity index (χ0) is 28.4. The third kappa shape index (κ3) is 5.21. The number of aryl methyl sites for hydroxylation is 1. The van der Waals surface area contributed by atoms with Crippen LogP contribution in [0.2, 0.25) is 5.02 Å². The number of fused-ring (bicyclic) bond motifs is 2. The minimum Gasteiger partial charge on any atom is -0.497 e. The van der Waals surface area contributed by atoms with Crippen LogP contribution in [0, 0.1) is 0 Å². The predicted molar refractivity (Wildman–Crippen MR) is 151 cm³/mol. The molecule has 0 saturated heterocycles. The largest absolute Gasteiger partial charge is 0.497 e. The van der Waals surface area contributed by atoms with E-state index in [-0.39, 0.29) is 24.2 Å². The van der Waals surface area contributed by atoms with Crippen molar-refractivity contribution in [1.82, 2.24) is 19.9 Å². The van der Waals surface area contributed by atoms with Gasteiger partial charge in [0.1, 0.15) is 22.5 Å². The number of halogens is 1. The van der Waals surface area contributed by atoms with Crippen LogP contribution < -0.4 is 9.47 Å². The minimum absolute atomic E-state index is 0.152. The number of carbonyl (C=O) groups excluding carboxylic acids is 2. The second kappa shape index (κ2) is 11.6. The smallest absolute Gasteiger partial charge is 0.306 e. The van der Waals surface area contributed by atoms with Gasteiger partial charge >= 0.3 is 5.97 Å². The standard InChI is InChI=1S/C30H31ClN4O5/c1-5-40-28(36)16-23(19-13-26-29(27(14-19)39-4)34(2)33-32-26)22-8-6-7-18-17-35(12-11-21(18)22)30(37)24-15-20(38-3)9-10-25(24)31/h6-10,13-15,23H,5,11-12,16-17H2,1-4H3/t23-/m1/s1. The van der Waals surface area contributed by atoms with Crippen LogP contribution in [-0.2, 0) is 29.5 Å². The maximum atomic E-state index is 13.4. The SMILES string of the molecule is CCOC(=O)C[C@H](c1cc(OC)c2c(c1)nnn2C)c1cccc2c1CCN(C(=O)c1cc(OC)ccc1Cl)C2. The quantitative estimate of drug-likeness (QED) is 0.281. The van der Waals surface area contributed by atoms with Crippen molar-refractivity contribution in [2.24, 2.45) is 7.05 Å². The Kier molecular flexibility index (Phi) is 7.93. The zero-order valence-electron chi connectivity index (χ0n) is 22.9. The molecule has 9 nitrogen and oxygen atoms in total. The van der Waals surface area contributed by atoms with Crippen molar-refractivity contribution in [3.8, 4) is 11.5 Å². The molecule has 5 rings (SSSR count). The fourth-order valence-electron chi connectivity index (χ4n) is 5.43. The van der Waals surface area contributed by atoms with Gasteiger partial charge in [-0.2, -0.15) is 0 Å². The van der Waals surface area contributed by atoms with Crippen molar-refractivity contribution in [2.45, 2.75) is 32.2 Å². The van der Waals surface area contributed by atoms with Crippen LogP contribution in [0.1, 0.15) is 51.9 Å². The van der Waals surface area contributed by atoms with E-state index in [1.165, 1.54) is 0 Å². The highest BCUT2D eigenvalue weighted by molar-refractivity contribution is 6.33. The summed E-state index contributed by atoms with van der Waals surface area (Å²) in [5.41, 5.74) is 5.91. The molecule has 1 aliphatic rings. The molecule has 0 bridgehead atoms. The number of amides is 1. The lowest BCUT2D eigenvalue weighted by molar-refractivity contribution is -0.143. The third-order valence-corrected chi connectivity index (χ3v) is 7.68. The van der Waals surface area contributed by atoms with Gasteiger partial charge in [-0.3, -0.25) is 9.59 Å². The van der Waals surface area contributed by atoms with Gasteiger partial charge in [-0.05, 0) is 65.9 Å². The van der Waals surface area contributed by atoms with Gasteiger partial charge in [0.05, 0.1) is 37.8 Å². The number of carbonyl (C=O) groups is 2. The molecule has 2 heterocycles. The van der Waals surface area contributed by atoms with Gasteiger partial charge in [-0.25, -0.2) is 4.68 Å². The highest BCUT2D eigenvalue weighted by Crippen LogP contribution is 2.38. The summed E-state index contributed by atoms with van der Waals surface area (Å²) in [6.07, 6.45) is 0.782. The molecule has 0 fully saturated rings. The van der Waals surface area contributed by atoms with Crippen LogP contribution in [0.4, 0.5) is 0 Å². The molecule has 0 aliphatic carbocycles. The monoisotopic (exact) mass is 562 g/mol. The van der Waals surface area contributed by atoms with Crippen molar-refractivity contribution >= 4 is 34.5 Å². The summed E-state index contributed by atoms with van der Waals surface area (Å²) >= 11 is 6.38. The summed E-state index contributed by atoms with van der Waals surface area (Å²) in [6, 6.07) is 15.0. The summed E-state index contributed by atoms with van der Waals surface area (Å²) < 4.78 is 18.0. The van der Waals surface area contributed by atoms with E-state index >= 15 is 0 Å². The number of methoxy groups -OCH3 is 2. The van der Waals surface area contributed by atoms with Gasteiger partial charge in [0.15, 0.2) is 0 Å². The third-order valence-electron chi connectivity index (χ3n) is 7.35. The first kappa shape index (κ1) is 27.5. The zero-order valence-corrected chi connectivity index (χ0v) is 23.7. The molecule has 1 atom stereocenters. The molecule has 0 N–H and O–H groups in total. The number of rotatable bonds is 8. The lowest BCUT2D eigenvalue weighted by Gasteiger charge is -2.32. The average Bonchev–Trinajstić information content (AvgIpc) is 3.35. The molecule has 208 valence electrons. The van der Waals surface area contributed by atoms with E-state index in [4.69, 9.17) is 25.8 Å². The normalized spacial score (nSPS) is 13.6. The number of esters is 1. The minimum atomic E-state index is -0.301. The Morgan fingerprint density at radius 1 is 1.10 bits per heavy atom. The van der Waals surface area contributed by atoms with Crippen LogP contribution in [-0.4, -0.2) is 59.1 Å². The van der Waals surface area contributed by atoms with Gasteiger partial charge in [-0.15, -0.1) is 5.10 Å². The van der Waals surface area contributed by atoms with Crippen molar-refractivity contribution in [1.29, 1.82) is 0 Å². The Morgan fingerprint density at radius 2 is 1.93 bits per heavy atom. The Bertz CT molecular complexity index is 1580. The predicted octanol–water partition coefficient (Wildman–Crippen LogP) is 4.92. The highest BCUT2D eigenvalue weighted by Gasteiger charge is 2.29.